The molecule has 7 heteroatoms. The predicted molar refractivity (Wildman–Crippen MR) is 95.7 cm³/mol. The molecular formula is C20H15NO6. The molecule has 3 rings (SSSR count). The van der Waals surface area contributed by atoms with E-state index < -0.39 is 24.4 Å². The first-order valence-electron chi connectivity index (χ1n) is 8.00. The Hall–Kier alpha value is -3.74. The molecule has 136 valence electrons. The molecule has 0 unspecified atom stereocenters. The molecule has 0 aliphatic carbocycles. The highest BCUT2D eigenvalue weighted by atomic mass is 16.5. The molecule has 1 heterocycles. The number of nitrogens with zero attached hydrogens (tertiary/aromatic N) is 1. The van der Waals surface area contributed by atoms with Gasteiger partial charge in [0.1, 0.15) is 5.75 Å². The van der Waals surface area contributed by atoms with Crippen molar-refractivity contribution in [3.8, 4) is 5.75 Å². The number of ketones is 1. The van der Waals surface area contributed by atoms with Gasteiger partial charge in [-0.3, -0.25) is 14.4 Å². The smallest absolute Gasteiger partial charge is 0.338 e. The van der Waals surface area contributed by atoms with E-state index in [-0.39, 0.29) is 11.3 Å². The first-order valence-corrected chi connectivity index (χ1v) is 8.00. The standard InChI is InChI=1S/C20H15NO6/c1-26-16-4-2-3-14(11-16)17(22)12-27-20(25)13-5-7-15(8-6-13)21-18(23)9-10-19(21)24/h2-11H,12H2,1H3. The van der Waals surface area contributed by atoms with Crippen LogP contribution in [0, 0.1) is 0 Å². The zero-order valence-electron chi connectivity index (χ0n) is 14.4. The van der Waals surface area contributed by atoms with Crippen LogP contribution in [0.15, 0.2) is 60.7 Å². The van der Waals surface area contributed by atoms with Gasteiger partial charge in [0.2, 0.25) is 0 Å². The third-order valence-electron chi connectivity index (χ3n) is 3.90. The van der Waals surface area contributed by atoms with Gasteiger partial charge < -0.3 is 9.47 Å². The zero-order chi connectivity index (χ0) is 19.4. The summed E-state index contributed by atoms with van der Waals surface area (Å²) in [6.07, 6.45) is 2.35. The maximum absolute atomic E-state index is 12.1. The highest BCUT2D eigenvalue weighted by molar-refractivity contribution is 6.28. The molecule has 0 saturated heterocycles. The van der Waals surface area contributed by atoms with Gasteiger partial charge in [-0.15, -0.1) is 0 Å². The summed E-state index contributed by atoms with van der Waals surface area (Å²) in [5.74, 6) is -1.41. The van der Waals surface area contributed by atoms with Gasteiger partial charge in [-0.1, -0.05) is 12.1 Å². The van der Waals surface area contributed by atoms with Crippen molar-refractivity contribution in [2.45, 2.75) is 0 Å². The molecular weight excluding hydrogens is 350 g/mol. The van der Waals surface area contributed by atoms with Crippen LogP contribution in [0.3, 0.4) is 0 Å². The number of hydrogen-bond acceptors (Lipinski definition) is 6. The number of amides is 2. The Bertz CT molecular complexity index is 927. The molecule has 0 fully saturated rings. The number of esters is 1. The molecule has 0 N–H and O–H groups in total. The maximum Gasteiger partial charge on any atom is 0.338 e. The SMILES string of the molecule is COc1cccc(C(=O)COC(=O)c2ccc(N3C(=O)C=CC3=O)cc2)c1. The molecule has 2 aromatic rings. The molecule has 0 bridgehead atoms. The highest BCUT2D eigenvalue weighted by Gasteiger charge is 2.25. The lowest BCUT2D eigenvalue weighted by Crippen LogP contribution is -2.29. The molecule has 2 aromatic carbocycles. The second-order valence-corrected chi connectivity index (χ2v) is 5.62. The van der Waals surface area contributed by atoms with Crippen molar-refractivity contribution in [3.63, 3.8) is 0 Å². The fourth-order valence-corrected chi connectivity index (χ4v) is 2.50. The Kier molecular flexibility index (Phi) is 5.12. The fraction of sp³-hybridized carbons (Fsp3) is 0.100. The number of Topliss-reactive ketones (excluding diaryl/α,β-unsaturated/α-hetero) is 1. The van der Waals surface area contributed by atoms with Crippen molar-refractivity contribution < 1.29 is 28.7 Å². The van der Waals surface area contributed by atoms with Crippen LogP contribution in [-0.2, 0) is 14.3 Å². The summed E-state index contributed by atoms with van der Waals surface area (Å²) >= 11 is 0. The Morgan fingerprint density at radius 1 is 0.926 bits per heavy atom. The largest absolute Gasteiger partial charge is 0.497 e. The molecule has 7 nitrogen and oxygen atoms in total. The normalized spacial score (nSPS) is 13.0. The van der Waals surface area contributed by atoms with Crippen LogP contribution in [0.2, 0.25) is 0 Å². The molecule has 0 atom stereocenters. The van der Waals surface area contributed by atoms with Crippen molar-refractivity contribution in [2.24, 2.45) is 0 Å². The van der Waals surface area contributed by atoms with E-state index in [1.165, 1.54) is 43.5 Å². The summed E-state index contributed by atoms with van der Waals surface area (Å²) in [5.41, 5.74) is 0.916. The minimum absolute atomic E-state index is 0.198. The van der Waals surface area contributed by atoms with Crippen LogP contribution in [-0.4, -0.2) is 37.3 Å². The van der Waals surface area contributed by atoms with Crippen LogP contribution in [0.5, 0.6) is 5.75 Å². The van der Waals surface area contributed by atoms with Gasteiger partial charge in [-0.05, 0) is 36.4 Å². The van der Waals surface area contributed by atoms with E-state index in [2.05, 4.69) is 0 Å². The number of anilines is 1. The first-order chi connectivity index (χ1) is 13.0. The van der Waals surface area contributed by atoms with Crippen molar-refractivity contribution in [2.75, 3.05) is 18.6 Å². The minimum atomic E-state index is -0.685. The van der Waals surface area contributed by atoms with E-state index in [9.17, 15) is 19.2 Å². The van der Waals surface area contributed by atoms with Gasteiger partial charge in [0.05, 0.1) is 18.4 Å². The van der Waals surface area contributed by atoms with Gasteiger partial charge in [0, 0.05) is 17.7 Å². The second kappa shape index (κ2) is 7.65. The minimum Gasteiger partial charge on any atom is -0.497 e. The molecule has 0 saturated carbocycles. The zero-order valence-corrected chi connectivity index (χ0v) is 14.4. The van der Waals surface area contributed by atoms with Crippen LogP contribution >= 0.6 is 0 Å². The number of ether oxygens (including phenoxy) is 2. The van der Waals surface area contributed by atoms with Crippen molar-refractivity contribution in [1.82, 2.24) is 0 Å². The van der Waals surface area contributed by atoms with Crippen molar-refractivity contribution in [1.29, 1.82) is 0 Å². The second-order valence-electron chi connectivity index (χ2n) is 5.62. The van der Waals surface area contributed by atoms with Crippen molar-refractivity contribution >= 4 is 29.3 Å². The average molecular weight is 365 g/mol. The summed E-state index contributed by atoms with van der Waals surface area (Å²) < 4.78 is 10.1. The number of methoxy groups -OCH3 is 1. The first kappa shape index (κ1) is 18.1. The quantitative estimate of drug-likeness (QED) is 0.443. The van der Waals surface area contributed by atoms with Gasteiger partial charge >= 0.3 is 5.97 Å². The summed E-state index contributed by atoms with van der Waals surface area (Å²) in [7, 11) is 1.49. The van der Waals surface area contributed by atoms with E-state index in [1.54, 1.807) is 24.3 Å². The van der Waals surface area contributed by atoms with Crippen molar-refractivity contribution in [3.05, 3.63) is 71.8 Å². The summed E-state index contributed by atoms with van der Waals surface area (Å²) in [6.45, 7) is -0.416. The topological polar surface area (TPSA) is 90.0 Å². The van der Waals surface area contributed by atoms with Crippen LogP contribution in [0.1, 0.15) is 20.7 Å². The lowest BCUT2D eigenvalue weighted by atomic mass is 10.1. The van der Waals surface area contributed by atoms with Gasteiger partial charge in [-0.2, -0.15) is 0 Å². The van der Waals surface area contributed by atoms with Gasteiger partial charge in [-0.25, -0.2) is 9.69 Å². The van der Waals surface area contributed by atoms with Crippen LogP contribution < -0.4 is 9.64 Å². The van der Waals surface area contributed by atoms with Crippen LogP contribution in [0.4, 0.5) is 5.69 Å². The Labute approximate surface area is 154 Å². The Morgan fingerprint density at radius 2 is 1.59 bits per heavy atom. The number of rotatable bonds is 6. The molecule has 27 heavy (non-hydrogen) atoms. The average Bonchev–Trinajstić information content (AvgIpc) is 3.04. The number of imide groups is 1. The number of carbonyl (C=O) groups is 4. The molecule has 0 radical (unpaired) electrons. The maximum atomic E-state index is 12.1. The molecule has 1 aliphatic heterocycles. The van der Waals surface area contributed by atoms with Gasteiger partial charge in [0.15, 0.2) is 12.4 Å². The number of hydrogen-bond donors (Lipinski definition) is 0. The summed E-state index contributed by atoms with van der Waals surface area (Å²) in [6, 6.07) is 12.3. The molecule has 2 amide bonds. The van der Waals surface area contributed by atoms with Gasteiger partial charge in [0.25, 0.3) is 11.8 Å². The highest BCUT2D eigenvalue weighted by Crippen LogP contribution is 2.20. The number of carbonyl (C=O) groups excluding carboxylic acids is 4. The Balaban J connectivity index is 1.62. The summed E-state index contributed by atoms with van der Waals surface area (Å²) in [5, 5.41) is 0. The summed E-state index contributed by atoms with van der Waals surface area (Å²) in [4.78, 5) is 48.5. The monoisotopic (exact) mass is 365 g/mol. The number of benzene rings is 2. The van der Waals surface area contributed by atoms with E-state index >= 15 is 0 Å². The third kappa shape index (κ3) is 3.92. The Morgan fingerprint density at radius 3 is 2.22 bits per heavy atom. The van der Waals surface area contributed by atoms with E-state index in [0.29, 0.717) is 17.0 Å². The van der Waals surface area contributed by atoms with Crippen LogP contribution in [0.25, 0.3) is 0 Å². The molecule has 1 aliphatic rings. The van der Waals surface area contributed by atoms with E-state index in [4.69, 9.17) is 9.47 Å². The predicted octanol–water partition coefficient (Wildman–Crippen LogP) is 2.16. The van der Waals surface area contributed by atoms with E-state index in [0.717, 1.165) is 4.90 Å². The lowest BCUT2D eigenvalue weighted by Gasteiger charge is -2.14. The molecule has 0 aromatic heterocycles. The lowest BCUT2D eigenvalue weighted by molar-refractivity contribution is -0.119. The third-order valence-corrected chi connectivity index (χ3v) is 3.90. The fourth-order valence-electron chi connectivity index (χ4n) is 2.50. The van der Waals surface area contributed by atoms with E-state index in [1.807, 2.05) is 0 Å². The molecule has 0 spiro atoms.